The molecule has 1 N–H and O–H groups in total. The summed E-state index contributed by atoms with van der Waals surface area (Å²) in [6.07, 6.45) is 7.55. The van der Waals surface area contributed by atoms with Crippen molar-refractivity contribution >= 4 is 22.6 Å². The van der Waals surface area contributed by atoms with Gasteiger partial charge in [-0.2, -0.15) is 0 Å². The van der Waals surface area contributed by atoms with Gasteiger partial charge in [0.25, 0.3) is 0 Å². The van der Waals surface area contributed by atoms with Crippen LogP contribution in [0.4, 0.5) is 5.69 Å². The van der Waals surface area contributed by atoms with Crippen LogP contribution < -0.4 is 5.32 Å². The molecule has 4 heteroatoms. The molecule has 4 nitrogen and oxygen atoms in total. The van der Waals surface area contributed by atoms with Crippen LogP contribution in [0.15, 0.2) is 48.5 Å². The van der Waals surface area contributed by atoms with Gasteiger partial charge >= 0.3 is 0 Å². The van der Waals surface area contributed by atoms with Crippen LogP contribution in [0.3, 0.4) is 0 Å². The lowest BCUT2D eigenvalue weighted by atomic mass is 9.88. The first kappa shape index (κ1) is 18.7. The first-order valence-corrected chi connectivity index (χ1v) is 10.6. The summed E-state index contributed by atoms with van der Waals surface area (Å²) in [5.74, 6) is 1.51. The van der Waals surface area contributed by atoms with Crippen molar-refractivity contribution in [2.24, 2.45) is 5.92 Å². The van der Waals surface area contributed by atoms with Crippen LogP contribution in [0.25, 0.3) is 11.0 Å². The van der Waals surface area contributed by atoms with E-state index in [9.17, 15) is 4.79 Å². The number of aryl methyl sites for hydroxylation is 3. The number of amides is 1. The maximum Gasteiger partial charge on any atom is 0.227 e. The van der Waals surface area contributed by atoms with Gasteiger partial charge in [0.2, 0.25) is 5.91 Å². The first-order chi connectivity index (χ1) is 13.7. The zero-order chi connectivity index (χ0) is 19.3. The molecule has 1 aliphatic rings. The normalized spacial score (nSPS) is 15.0. The van der Waals surface area contributed by atoms with Gasteiger partial charge in [0.1, 0.15) is 5.82 Å². The van der Waals surface area contributed by atoms with E-state index in [1.165, 1.54) is 30.3 Å². The largest absolute Gasteiger partial charge is 0.328 e. The van der Waals surface area contributed by atoms with Gasteiger partial charge in [-0.3, -0.25) is 4.79 Å². The van der Waals surface area contributed by atoms with Crippen LogP contribution in [0.5, 0.6) is 0 Å². The van der Waals surface area contributed by atoms with Crippen LogP contribution in [-0.4, -0.2) is 15.5 Å². The summed E-state index contributed by atoms with van der Waals surface area (Å²) in [4.78, 5) is 17.2. The van der Waals surface area contributed by atoms with E-state index in [-0.39, 0.29) is 11.8 Å². The predicted molar refractivity (Wildman–Crippen MR) is 114 cm³/mol. The Hall–Kier alpha value is -2.62. The number of anilines is 1. The van der Waals surface area contributed by atoms with E-state index in [0.29, 0.717) is 0 Å². The maximum atomic E-state index is 12.4. The van der Waals surface area contributed by atoms with Crippen LogP contribution in [0, 0.1) is 5.92 Å². The molecule has 1 fully saturated rings. The van der Waals surface area contributed by atoms with Gasteiger partial charge in [-0.25, -0.2) is 4.98 Å². The Balaban J connectivity index is 1.38. The van der Waals surface area contributed by atoms with Crippen LogP contribution in [0.1, 0.15) is 50.4 Å². The van der Waals surface area contributed by atoms with Gasteiger partial charge < -0.3 is 9.88 Å². The molecule has 1 heterocycles. The molecule has 0 spiro atoms. The molecule has 146 valence electrons. The lowest BCUT2D eigenvalue weighted by Gasteiger charge is -2.20. The number of benzene rings is 2. The summed E-state index contributed by atoms with van der Waals surface area (Å²) in [5, 5.41) is 3.09. The highest BCUT2D eigenvalue weighted by Gasteiger charge is 2.20. The number of hydrogen-bond acceptors (Lipinski definition) is 2. The summed E-state index contributed by atoms with van der Waals surface area (Å²) < 4.78 is 2.30. The van der Waals surface area contributed by atoms with E-state index in [1.54, 1.807) is 0 Å². The molecule has 3 aromatic rings. The highest BCUT2D eigenvalue weighted by Crippen LogP contribution is 2.25. The third kappa shape index (κ3) is 4.11. The number of rotatable bonds is 6. The zero-order valence-corrected chi connectivity index (χ0v) is 16.7. The fourth-order valence-electron chi connectivity index (χ4n) is 4.29. The van der Waals surface area contributed by atoms with Gasteiger partial charge in [0.15, 0.2) is 0 Å². The molecule has 2 aromatic carbocycles. The summed E-state index contributed by atoms with van der Waals surface area (Å²) in [6, 6.07) is 16.6. The molecular weight excluding hydrogens is 346 g/mol. The van der Waals surface area contributed by atoms with Gasteiger partial charge in [-0.05, 0) is 56.0 Å². The SMILES string of the molecule is CCn1c(CCc2ccc(NC(=O)C3CCCCC3)cc2)nc2ccccc21. The molecule has 1 amide bonds. The Labute approximate surface area is 167 Å². The standard InChI is InChI=1S/C24H29N3O/c1-2-27-22-11-7-6-10-21(22)26-23(27)17-14-18-12-15-20(16-13-18)25-24(28)19-8-4-3-5-9-19/h6-7,10-13,15-16,19H,2-5,8-9,14,17H2,1H3,(H,25,28). The predicted octanol–water partition coefficient (Wildman–Crippen LogP) is 5.36. The summed E-state index contributed by atoms with van der Waals surface area (Å²) in [7, 11) is 0. The number of fused-ring (bicyclic) bond motifs is 1. The highest BCUT2D eigenvalue weighted by molar-refractivity contribution is 5.92. The van der Waals surface area contributed by atoms with E-state index in [4.69, 9.17) is 4.98 Å². The van der Waals surface area contributed by atoms with Crippen molar-refractivity contribution in [3.05, 3.63) is 59.9 Å². The van der Waals surface area contributed by atoms with Crippen molar-refractivity contribution in [3.8, 4) is 0 Å². The molecule has 1 aliphatic carbocycles. The third-order valence-corrected chi connectivity index (χ3v) is 5.88. The smallest absolute Gasteiger partial charge is 0.227 e. The Morgan fingerprint density at radius 1 is 1.04 bits per heavy atom. The Morgan fingerprint density at radius 2 is 1.79 bits per heavy atom. The molecule has 0 aliphatic heterocycles. The van der Waals surface area contributed by atoms with Crippen molar-refractivity contribution in [3.63, 3.8) is 0 Å². The lowest BCUT2D eigenvalue weighted by Crippen LogP contribution is -2.24. The Kier molecular flexibility index (Phi) is 5.75. The summed E-state index contributed by atoms with van der Waals surface area (Å²) in [5.41, 5.74) is 4.45. The lowest BCUT2D eigenvalue weighted by molar-refractivity contribution is -0.120. The van der Waals surface area contributed by atoms with Crippen molar-refractivity contribution < 1.29 is 4.79 Å². The molecule has 0 saturated heterocycles. The molecule has 28 heavy (non-hydrogen) atoms. The molecule has 0 bridgehead atoms. The number of aromatic nitrogens is 2. The minimum Gasteiger partial charge on any atom is -0.328 e. The fraction of sp³-hybridized carbons (Fsp3) is 0.417. The Morgan fingerprint density at radius 3 is 2.54 bits per heavy atom. The number of para-hydroxylation sites is 2. The van der Waals surface area contributed by atoms with Crippen LogP contribution in [-0.2, 0) is 24.2 Å². The highest BCUT2D eigenvalue weighted by atomic mass is 16.1. The number of nitrogens with one attached hydrogen (secondary N) is 1. The number of nitrogens with zero attached hydrogens (tertiary/aromatic N) is 2. The van der Waals surface area contributed by atoms with Gasteiger partial charge in [0.05, 0.1) is 11.0 Å². The minimum atomic E-state index is 0.184. The second-order valence-electron chi connectivity index (χ2n) is 7.78. The topological polar surface area (TPSA) is 46.9 Å². The summed E-state index contributed by atoms with van der Waals surface area (Å²) in [6.45, 7) is 3.10. The van der Waals surface area contributed by atoms with E-state index < -0.39 is 0 Å². The summed E-state index contributed by atoms with van der Waals surface area (Å²) >= 11 is 0. The van der Waals surface area contributed by atoms with Crippen molar-refractivity contribution in [2.45, 2.75) is 58.4 Å². The number of hydrogen-bond donors (Lipinski definition) is 1. The second kappa shape index (κ2) is 8.59. The number of carbonyl (C=O) groups excluding carboxylic acids is 1. The maximum absolute atomic E-state index is 12.4. The molecule has 0 atom stereocenters. The van der Waals surface area contributed by atoms with Gasteiger partial charge in [-0.15, -0.1) is 0 Å². The average Bonchev–Trinajstić information content (AvgIpc) is 3.11. The van der Waals surface area contributed by atoms with Crippen LogP contribution >= 0.6 is 0 Å². The molecule has 1 saturated carbocycles. The van der Waals surface area contributed by atoms with Gasteiger partial charge in [-0.1, -0.05) is 43.5 Å². The monoisotopic (exact) mass is 375 g/mol. The fourth-order valence-corrected chi connectivity index (χ4v) is 4.29. The van der Waals surface area contributed by atoms with E-state index >= 15 is 0 Å². The van der Waals surface area contributed by atoms with Gasteiger partial charge in [0, 0.05) is 24.6 Å². The van der Waals surface area contributed by atoms with Crippen molar-refractivity contribution in [2.75, 3.05) is 5.32 Å². The molecule has 0 unspecified atom stereocenters. The minimum absolute atomic E-state index is 0.184. The van der Waals surface area contributed by atoms with Crippen molar-refractivity contribution in [1.29, 1.82) is 0 Å². The second-order valence-corrected chi connectivity index (χ2v) is 7.78. The molecule has 0 radical (unpaired) electrons. The quantitative estimate of drug-likeness (QED) is 0.630. The number of carbonyl (C=O) groups is 1. The third-order valence-electron chi connectivity index (χ3n) is 5.88. The number of imidazole rings is 1. The van der Waals surface area contributed by atoms with Crippen molar-refractivity contribution in [1.82, 2.24) is 9.55 Å². The van der Waals surface area contributed by atoms with E-state index in [2.05, 4.69) is 47.1 Å². The molecule has 4 rings (SSSR count). The zero-order valence-electron chi connectivity index (χ0n) is 16.7. The van der Waals surface area contributed by atoms with E-state index in [1.807, 2.05) is 18.2 Å². The van der Waals surface area contributed by atoms with Crippen LogP contribution in [0.2, 0.25) is 0 Å². The van der Waals surface area contributed by atoms with E-state index in [0.717, 1.165) is 49.3 Å². The first-order valence-electron chi connectivity index (χ1n) is 10.6. The molecular formula is C24H29N3O. The Bertz CT molecular complexity index is 936. The average molecular weight is 376 g/mol. The molecule has 1 aromatic heterocycles.